The van der Waals surface area contributed by atoms with E-state index in [9.17, 15) is 9.59 Å². The zero-order valence-corrected chi connectivity index (χ0v) is 16.0. The Morgan fingerprint density at radius 3 is 2.75 bits per heavy atom. The molecular weight excluding hydrogens is 354 g/mol. The number of nitrogens with one attached hydrogen (secondary N) is 2. The monoisotopic (exact) mass is 379 g/mol. The number of pyridine rings is 1. The summed E-state index contributed by atoms with van der Waals surface area (Å²) >= 11 is 0. The lowest BCUT2D eigenvalue weighted by Crippen LogP contribution is -2.25. The maximum atomic E-state index is 12.2. The van der Waals surface area contributed by atoms with Gasteiger partial charge in [0, 0.05) is 12.2 Å². The first kappa shape index (κ1) is 19.6. The Hall–Kier alpha value is -3.15. The van der Waals surface area contributed by atoms with Crippen molar-refractivity contribution in [3.05, 3.63) is 65.5 Å². The summed E-state index contributed by atoms with van der Waals surface area (Å²) in [6, 6.07) is 10.5. The third-order valence-electron chi connectivity index (χ3n) is 4.69. The third-order valence-corrected chi connectivity index (χ3v) is 4.69. The average molecular weight is 379 g/mol. The molecule has 0 saturated heterocycles. The molecule has 1 aliphatic carbocycles. The summed E-state index contributed by atoms with van der Waals surface area (Å²) in [6.07, 6.45) is 9.62. The van der Waals surface area contributed by atoms with E-state index in [2.05, 4.69) is 21.7 Å². The highest BCUT2D eigenvalue weighted by Gasteiger charge is 2.09. The van der Waals surface area contributed by atoms with Gasteiger partial charge < -0.3 is 15.4 Å². The van der Waals surface area contributed by atoms with E-state index in [1.54, 1.807) is 36.5 Å². The van der Waals surface area contributed by atoms with E-state index in [1.165, 1.54) is 25.5 Å². The quantitative estimate of drug-likeness (QED) is 0.556. The minimum Gasteiger partial charge on any atom is -0.465 e. The predicted molar refractivity (Wildman–Crippen MR) is 109 cm³/mol. The molecule has 2 N–H and O–H groups in total. The molecule has 0 spiro atoms. The first-order valence-corrected chi connectivity index (χ1v) is 9.53. The number of anilines is 2. The number of amides is 1. The Labute approximate surface area is 165 Å². The highest BCUT2D eigenvalue weighted by atomic mass is 16.5. The van der Waals surface area contributed by atoms with Crippen molar-refractivity contribution in [2.75, 3.05) is 19.0 Å². The standard InChI is InChI=1S/C22H25N3O3/c1-28-22(27)17-8-5-9-18(14-17)25-19-10-11-20(24-15-19)21(26)23-13-12-16-6-3-2-4-7-16/h5-6,8-11,14-15,25H,2-4,7,12-13H2,1H3,(H,23,26). The zero-order chi connectivity index (χ0) is 19.8. The molecular formula is C22H25N3O3. The lowest BCUT2D eigenvalue weighted by atomic mass is 9.97. The van der Waals surface area contributed by atoms with Crippen molar-refractivity contribution in [1.82, 2.24) is 10.3 Å². The van der Waals surface area contributed by atoms with Gasteiger partial charge in [0.2, 0.25) is 0 Å². The summed E-state index contributed by atoms with van der Waals surface area (Å²) in [5.74, 6) is -0.562. The van der Waals surface area contributed by atoms with Gasteiger partial charge in [-0.3, -0.25) is 4.79 Å². The first-order valence-electron chi connectivity index (χ1n) is 9.53. The molecule has 0 fully saturated rings. The molecule has 2 aromatic rings. The number of carbonyl (C=O) groups is 2. The molecule has 0 radical (unpaired) electrons. The van der Waals surface area contributed by atoms with Crippen LogP contribution in [0.15, 0.2) is 54.2 Å². The number of methoxy groups -OCH3 is 1. The number of esters is 1. The van der Waals surface area contributed by atoms with E-state index in [0.717, 1.165) is 30.6 Å². The summed E-state index contributed by atoms with van der Waals surface area (Å²) < 4.78 is 4.73. The van der Waals surface area contributed by atoms with Crippen molar-refractivity contribution >= 4 is 23.3 Å². The maximum absolute atomic E-state index is 12.2. The number of hydrogen-bond donors (Lipinski definition) is 2. The molecule has 146 valence electrons. The van der Waals surface area contributed by atoms with Crippen molar-refractivity contribution in [2.24, 2.45) is 0 Å². The molecule has 0 atom stereocenters. The minimum absolute atomic E-state index is 0.171. The predicted octanol–water partition coefficient (Wildman–Crippen LogP) is 4.23. The van der Waals surface area contributed by atoms with Crippen LogP contribution in [0.3, 0.4) is 0 Å². The van der Waals surface area contributed by atoms with Crippen molar-refractivity contribution in [3.8, 4) is 0 Å². The second-order valence-corrected chi connectivity index (χ2v) is 6.74. The molecule has 1 aromatic heterocycles. The molecule has 0 aliphatic heterocycles. The van der Waals surface area contributed by atoms with Crippen molar-refractivity contribution in [2.45, 2.75) is 32.1 Å². The third kappa shape index (κ3) is 5.42. The molecule has 0 bridgehead atoms. The molecule has 3 rings (SSSR count). The van der Waals surface area contributed by atoms with E-state index in [4.69, 9.17) is 4.74 Å². The Morgan fingerprint density at radius 1 is 1.14 bits per heavy atom. The Balaban J connectivity index is 1.53. The van der Waals surface area contributed by atoms with Crippen LogP contribution in [0.5, 0.6) is 0 Å². The number of nitrogens with zero attached hydrogens (tertiary/aromatic N) is 1. The summed E-state index contributed by atoms with van der Waals surface area (Å²) in [4.78, 5) is 28.1. The number of rotatable bonds is 7. The number of carbonyl (C=O) groups excluding carboxylic acids is 2. The van der Waals surface area contributed by atoms with Gasteiger partial charge in [0.15, 0.2) is 0 Å². The first-order chi connectivity index (χ1) is 13.7. The van der Waals surface area contributed by atoms with Crippen LogP contribution >= 0.6 is 0 Å². The van der Waals surface area contributed by atoms with Crippen LogP contribution in [0.25, 0.3) is 0 Å². The van der Waals surface area contributed by atoms with Gasteiger partial charge in [-0.1, -0.05) is 17.7 Å². The summed E-state index contributed by atoms with van der Waals surface area (Å²) in [6.45, 7) is 0.632. The van der Waals surface area contributed by atoms with E-state index >= 15 is 0 Å². The van der Waals surface area contributed by atoms with Gasteiger partial charge >= 0.3 is 5.97 Å². The van der Waals surface area contributed by atoms with Gasteiger partial charge in [-0.15, -0.1) is 0 Å². The normalized spacial score (nSPS) is 13.4. The van der Waals surface area contributed by atoms with Crippen LogP contribution in [0, 0.1) is 0 Å². The van der Waals surface area contributed by atoms with Gasteiger partial charge in [0.1, 0.15) is 5.69 Å². The second-order valence-electron chi connectivity index (χ2n) is 6.74. The fraction of sp³-hybridized carbons (Fsp3) is 0.318. The Bertz CT molecular complexity index is 860. The van der Waals surface area contributed by atoms with Gasteiger partial charge in [-0.25, -0.2) is 9.78 Å². The van der Waals surface area contributed by atoms with Gasteiger partial charge in [-0.2, -0.15) is 0 Å². The molecule has 1 amide bonds. The van der Waals surface area contributed by atoms with Gasteiger partial charge in [-0.05, 0) is 62.4 Å². The smallest absolute Gasteiger partial charge is 0.337 e. The van der Waals surface area contributed by atoms with Crippen molar-refractivity contribution in [1.29, 1.82) is 0 Å². The van der Waals surface area contributed by atoms with Gasteiger partial charge in [0.25, 0.3) is 5.91 Å². The lowest BCUT2D eigenvalue weighted by molar-refractivity contribution is 0.0600. The molecule has 28 heavy (non-hydrogen) atoms. The number of aromatic nitrogens is 1. The molecule has 6 nitrogen and oxygen atoms in total. The van der Waals surface area contributed by atoms with Crippen molar-refractivity contribution in [3.63, 3.8) is 0 Å². The van der Waals surface area contributed by atoms with Crippen LogP contribution in [-0.2, 0) is 4.74 Å². The van der Waals surface area contributed by atoms with E-state index in [-0.39, 0.29) is 5.91 Å². The largest absolute Gasteiger partial charge is 0.465 e. The van der Waals surface area contributed by atoms with Gasteiger partial charge in [0.05, 0.1) is 24.6 Å². The SMILES string of the molecule is COC(=O)c1cccc(Nc2ccc(C(=O)NCCC3=CCCCC3)nc2)c1. The fourth-order valence-electron chi connectivity index (χ4n) is 3.17. The van der Waals surface area contributed by atoms with E-state index in [1.807, 2.05) is 6.07 Å². The van der Waals surface area contributed by atoms with Crippen LogP contribution in [0.2, 0.25) is 0 Å². The highest BCUT2D eigenvalue weighted by molar-refractivity contribution is 5.92. The molecule has 6 heteroatoms. The summed E-state index contributed by atoms with van der Waals surface area (Å²) in [5.41, 5.74) is 3.75. The average Bonchev–Trinajstić information content (AvgIpc) is 2.74. The number of hydrogen-bond acceptors (Lipinski definition) is 5. The van der Waals surface area contributed by atoms with Crippen LogP contribution in [0.1, 0.15) is 53.0 Å². The zero-order valence-electron chi connectivity index (χ0n) is 16.0. The number of ether oxygens (including phenoxy) is 1. The lowest BCUT2D eigenvalue weighted by Gasteiger charge is -2.13. The van der Waals surface area contributed by atoms with Crippen LogP contribution in [-0.4, -0.2) is 30.5 Å². The van der Waals surface area contributed by atoms with Crippen molar-refractivity contribution < 1.29 is 14.3 Å². The van der Waals surface area contributed by atoms with E-state index < -0.39 is 5.97 Å². The minimum atomic E-state index is -0.391. The fourth-order valence-corrected chi connectivity index (χ4v) is 3.17. The molecule has 1 heterocycles. The second kappa shape index (κ2) is 9.69. The topological polar surface area (TPSA) is 80.3 Å². The maximum Gasteiger partial charge on any atom is 0.337 e. The summed E-state index contributed by atoms with van der Waals surface area (Å²) in [7, 11) is 1.35. The number of benzene rings is 1. The highest BCUT2D eigenvalue weighted by Crippen LogP contribution is 2.20. The molecule has 0 saturated carbocycles. The Kier molecular flexibility index (Phi) is 6.78. The Morgan fingerprint density at radius 2 is 2.04 bits per heavy atom. The summed E-state index contributed by atoms with van der Waals surface area (Å²) in [5, 5.41) is 6.09. The molecule has 1 aromatic carbocycles. The van der Waals surface area contributed by atoms with Crippen LogP contribution < -0.4 is 10.6 Å². The molecule has 1 aliphatic rings. The van der Waals surface area contributed by atoms with E-state index in [0.29, 0.717) is 17.8 Å². The number of allylic oxidation sites excluding steroid dienone is 1. The van der Waals surface area contributed by atoms with Crippen LogP contribution in [0.4, 0.5) is 11.4 Å². The molecule has 0 unspecified atom stereocenters.